The molecule has 1 aliphatic carbocycles. The number of nitrogens with zero attached hydrogens (tertiary/aromatic N) is 2. The number of aliphatic hydroxyl groups is 1. The fourth-order valence-corrected chi connectivity index (χ4v) is 5.29. The van der Waals surface area contributed by atoms with Gasteiger partial charge in [-0.1, -0.05) is 30.3 Å². The summed E-state index contributed by atoms with van der Waals surface area (Å²) in [7, 11) is 0. The molecule has 5 nitrogen and oxygen atoms in total. The standard InChI is InChI=1S/C27H35FN2O3/c1-20-16-25(12-13-26(20)28)33-19-27(32)17-29(21(2)31)14-15-30(18-27)24-10-8-23(9-11-24)22-6-4-3-5-7-22/h3-7,12-13,16,23-24,32H,8-11,14-15,17-19H2,1-2H3/t23?,24?,27-/m1/s1. The van der Waals surface area contributed by atoms with Gasteiger partial charge in [-0.05, 0) is 67.9 Å². The van der Waals surface area contributed by atoms with Gasteiger partial charge in [0.05, 0.1) is 6.54 Å². The van der Waals surface area contributed by atoms with Gasteiger partial charge in [0.1, 0.15) is 23.8 Å². The summed E-state index contributed by atoms with van der Waals surface area (Å²) in [6.07, 6.45) is 4.41. The summed E-state index contributed by atoms with van der Waals surface area (Å²) >= 11 is 0. The van der Waals surface area contributed by atoms with Crippen LogP contribution in [0.15, 0.2) is 48.5 Å². The van der Waals surface area contributed by atoms with Crippen molar-refractivity contribution in [2.24, 2.45) is 0 Å². The van der Waals surface area contributed by atoms with Crippen molar-refractivity contribution < 1.29 is 19.0 Å². The molecule has 1 amide bonds. The van der Waals surface area contributed by atoms with Crippen LogP contribution in [0.4, 0.5) is 4.39 Å². The zero-order valence-corrected chi connectivity index (χ0v) is 19.7. The van der Waals surface area contributed by atoms with E-state index in [2.05, 4.69) is 35.2 Å². The molecule has 1 N–H and O–H groups in total. The summed E-state index contributed by atoms with van der Waals surface area (Å²) in [6.45, 7) is 5.33. The average Bonchev–Trinajstić information content (AvgIpc) is 3.00. The second-order valence-corrected chi connectivity index (χ2v) is 9.75. The van der Waals surface area contributed by atoms with E-state index in [9.17, 15) is 14.3 Å². The Hall–Kier alpha value is -2.44. The largest absolute Gasteiger partial charge is 0.490 e. The number of carbonyl (C=O) groups excluding carboxylic acids is 1. The second-order valence-electron chi connectivity index (χ2n) is 9.75. The molecule has 0 bridgehead atoms. The molecule has 1 saturated carbocycles. The van der Waals surface area contributed by atoms with Crippen LogP contribution in [-0.4, -0.2) is 65.2 Å². The quantitative estimate of drug-likeness (QED) is 0.738. The lowest BCUT2D eigenvalue weighted by atomic mass is 9.81. The molecule has 1 atom stereocenters. The average molecular weight is 455 g/mol. The first-order valence-corrected chi connectivity index (χ1v) is 12.0. The van der Waals surface area contributed by atoms with Crippen molar-refractivity contribution >= 4 is 5.91 Å². The van der Waals surface area contributed by atoms with E-state index >= 15 is 0 Å². The molecule has 2 fully saturated rings. The van der Waals surface area contributed by atoms with Crippen LogP contribution in [0.5, 0.6) is 5.75 Å². The summed E-state index contributed by atoms with van der Waals surface area (Å²) in [4.78, 5) is 16.3. The third kappa shape index (κ3) is 5.92. The third-order valence-corrected chi connectivity index (χ3v) is 7.21. The van der Waals surface area contributed by atoms with E-state index in [0.717, 1.165) is 32.2 Å². The van der Waals surface area contributed by atoms with Crippen LogP contribution in [0.1, 0.15) is 49.7 Å². The zero-order valence-electron chi connectivity index (χ0n) is 19.7. The third-order valence-electron chi connectivity index (χ3n) is 7.21. The van der Waals surface area contributed by atoms with Crippen molar-refractivity contribution in [3.63, 3.8) is 0 Å². The van der Waals surface area contributed by atoms with Crippen LogP contribution >= 0.6 is 0 Å². The Morgan fingerprint density at radius 1 is 1.09 bits per heavy atom. The lowest BCUT2D eigenvalue weighted by molar-refractivity contribution is -0.132. The number of ether oxygens (including phenoxy) is 1. The molecule has 178 valence electrons. The highest BCUT2D eigenvalue weighted by Crippen LogP contribution is 2.35. The van der Waals surface area contributed by atoms with Gasteiger partial charge >= 0.3 is 0 Å². The van der Waals surface area contributed by atoms with Gasteiger partial charge in [-0.3, -0.25) is 9.69 Å². The monoisotopic (exact) mass is 454 g/mol. The molecule has 0 spiro atoms. The van der Waals surface area contributed by atoms with Gasteiger partial charge in [-0.25, -0.2) is 4.39 Å². The van der Waals surface area contributed by atoms with Crippen LogP contribution in [-0.2, 0) is 4.79 Å². The van der Waals surface area contributed by atoms with Crippen LogP contribution in [0.3, 0.4) is 0 Å². The molecule has 1 aliphatic heterocycles. The van der Waals surface area contributed by atoms with E-state index in [-0.39, 0.29) is 24.9 Å². The minimum Gasteiger partial charge on any atom is -0.490 e. The first-order valence-electron chi connectivity index (χ1n) is 12.0. The van der Waals surface area contributed by atoms with Crippen molar-refractivity contribution in [3.05, 3.63) is 65.5 Å². The molecule has 0 radical (unpaired) electrons. The molecule has 2 aliphatic rings. The van der Waals surface area contributed by atoms with Crippen LogP contribution < -0.4 is 4.74 Å². The maximum atomic E-state index is 13.6. The SMILES string of the molecule is CC(=O)N1CCN(C2CCC(c3ccccc3)CC2)C[C@@](O)(COc2ccc(F)c(C)c2)C1. The van der Waals surface area contributed by atoms with Crippen molar-refractivity contribution in [2.45, 2.75) is 57.1 Å². The lowest BCUT2D eigenvalue weighted by Crippen LogP contribution is -2.53. The van der Waals surface area contributed by atoms with Crippen molar-refractivity contribution in [1.29, 1.82) is 0 Å². The summed E-state index contributed by atoms with van der Waals surface area (Å²) in [5.41, 5.74) is 0.720. The Morgan fingerprint density at radius 2 is 1.82 bits per heavy atom. The van der Waals surface area contributed by atoms with E-state index in [1.54, 1.807) is 30.9 Å². The van der Waals surface area contributed by atoms with Crippen molar-refractivity contribution in [2.75, 3.05) is 32.8 Å². The molecule has 0 aromatic heterocycles. The van der Waals surface area contributed by atoms with E-state index in [1.165, 1.54) is 11.6 Å². The van der Waals surface area contributed by atoms with Crippen LogP contribution in [0.25, 0.3) is 0 Å². The lowest BCUT2D eigenvalue weighted by Gasteiger charge is -2.39. The van der Waals surface area contributed by atoms with Crippen LogP contribution in [0.2, 0.25) is 0 Å². The van der Waals surface area contributed by atoms with Gasteiger partial charge in [0.25, 0.3) is 0 Å². The second kappa shape index (κ2) is 10.2. The zero-order chi connectivity index (χ0) is 23.4. The number of hydrogen-bond donors (Lipinski definition) is 1. The van der Waals surface area contributed by atoms with E-state index in [1.807, 2.05) is 0 Å². The minimum absolute atomic E-state index is 0.0410. The van der Waals surface area contributed by atoms with Gasteiger partial charge in [0.15, 0.2) is 0 Å². The van der Waals surface area contributed by atoms with Gasteiger partial charge in [0.2, 0.25) is 5.91 Å². The van der Waals surface area contributed by atoms with Crippen LogP contribution in [0, 0.1) is 12.7 Å². The maximum Gasteiger partial charge on any atom is 0.219 e. The number of hydrogen-bond acceptors (Lipinski definition) is 4. The number of aryl methyl sites for hydroxylation is 1. The molecule has 2 aromatic carbocycles. The Bertz CT molecular complexity index is 946. The van der Waals surface area contributed by atoms with E-state index in [0.29, 0.717) is 36.4 Å². The van der Waals surface area contributed by atoms with Gasteiger partial charge in [-0.2, -0.15) is 0 Å². The summed E-state index contributed by atoms with van der Waals surface area (Å²) in [5, 5.41) is 11.6. The normalized spacial score (nSPS) is 26.6. The van der Waals surface area contributed by atoms with Gasteiger partial charge < -0.3 is 14.7 Å². The van der Waals surface area contributed by atoms with Gasteiger partial charge in [0, 0.05) is 32.6 Å². The number of rotatable bonds is 5. The number of carbonyl (C=O) groups is 1. The summed E-state index contributed by atoms with van der Waals surface area (Å²) in [6, 6.07) is 15.7. The Kier molecular flexibility index (Phi) is 7.35. The van der Waals surface area contributed by atoms with Crippen molar-refractivity contribution in [1.82, 2.24) is 9.80 Å². The highest BCUT2D eigenvalue weighted by Gasteiger charge is 2.39. The molecule has 4 rings (SSSR count). The topological polar surface area (TPSA) is 53.0 Å². The first kappa shape index (κ1) is 23.7. The highest BCUT2D eigenvalue weighted by molar-refractivity contribution is 5.73. The number of benzene rings is 2. The number of halogens is 1. The molecule has 0 unspecified atom stereocenters. The molecule has 33 heavy (non-hydrogen) atoms. The summed E-state index contributed by atoms with van der Waals surface area (Å²) < 4.78 is 19.5. The Morgan fingerprint density at radius 3 is 2.48 bits per heavy atom. The number of β-amino-alcohol motifs (C(OH)–C–C–N with tert-alkyl or cyclic N) is 1. The Balaban J connectivity index is 1.43. The molecular weight excluding hydrogens is 419 g/mol. The fourth-order valence-electron chi connectivity index (χ4n) is 5.29. The molecular formula is C27H35FN2O3. The van der Waals surface area contributed by atoms with Gasteiger partial charge in [-0.15, -0.1) is 0 Å². The predicted octanol–water partition coefficient (Wildman–Crippen LogP) is 4.13. The fraction of sp³-hybridized carbons (Fsp3) is 0.519. The predicted molar refractivity (Wildman–Crippen MR) is 127 cm³/mol. The molecule has 2 aromatic rings. The molecule has 1 heterocycles. The first-order chi connectivity index (χ1) is 15.8. The molecule has 6 heteroatoms. The summed E-state index contributed by atoms with van der Waals surface area (Å²) in [5.74, 6) is 0.791. The smallest absolute Gasteiger partial charge is 0.219 e. The maximum absolute atomic E-state index is 13.6. The minimum atomic E-state index is -1.19. The van der Waals surface area contributed by atoms with E-state index < -0.39 is 5.60 Å². The molecule has 1 saturated heterocycles. The van der Waals surface area contributed by atoms with Crippen molar-refractivity contribution in [3.8, 4) is 5.75 Å². The van der Waals surface area contributed by atoms with E-state index in [4.69, 9.17) is 4.74 Å². The highest BCUT2D eigenvalue weighted by atomic mass is 19.1. The number of amides is 1. The Labute approximate surface area is 196 Å².